The Bertz CT molecular complexity index is 660. The summed E-state index contributed by atoms with van der Waals surface area (Å²) < 4.78 is 2.27. The van der Waals surface area contributed by atoms with E-state index >= 15 is 0 Å². The van der Waals surface area contributed by atoms with Gasteiger partial charge in [0.25, 0.3) is 0 Å². The zero-order valence-electron chi connectivity index (χ0n) is 15.2. The van der Waals surface area contributed by atoms with Gasteiger partial charge in [-0.2, -0.15) is 0 Å². The molecule has 0 aliphatic rings. The molecule has 0 aliphatic heterocycles. The molecule has 2 rings (SSSR count). The molecule has 0 saturated carbocycles. The Balaban J connectivity index is 2.47. The van der Waals surface area contributed by atoms with Crippen LogP contribution in [0.4, 0.5) is 0 Å². The molecule has 0 saturated heterocycles. The van der Waals surface area contributed by atoms with Gasteiger partial charge < -0.3 is 0 Å². The van der Waals surface area contributed by atoms with E-state index < -0.39 is 0 Å². The lowest BCUT2D eigenvalue weighted by atomic mass is 9.87. The van der Waals surface area contributed by atoms with Gasteiger partial charge in [-0.15, -0.1) is 0 Å². The summed E-state index contributed by atoms with van der Waals surface area (Å²) in [6, 6.07) is 11.4. The summed E-state index contributed by atoms with van der Waals surface area (Å²) in [7, 11) is 2.15. The van der Waals surface area contributed by atoms with E-state index in [-0.39, 0.29) is 5.41 Å². The molecule has 0 spiro atoms. The van der Waals surface area contributed by atoms with Crippen molar-refractivity contribution in [2.75, 3.05) is 0 Å². The Hall–Kier alpha value is -1.63. The zero-order valence-corrected chi connectivity index (χ0v) is 15.2. The molecular weight excluding hydrogens is 266 g/mol. The molecule has 0 atom stereocenters. The molecule has 0 radical (unpaired) electrons. The van der Waals surface area contributed by atoms with E-state index in [9.17, 15) is 0 Å². The van der Waals surface area contributed by atoms with Gasteiger partial charge in [0.1, 0.15) is 7.05 Å². The summed E-state index contributed by atoms with van der Waals surface area (Å²) in [5, 5.41) is 0. The minimum atomic E-state index is 0.185. The van der Waals surface area contributed by atoms with Crippen LogP contribution >= 0.6 is 0 Å². The second-order valence-corrected chi connectivity index (χ2v) is 7.91. The Kier molecular flexibility index (Phi) is 4.75. The molecule has 1 aromatic carbocycles. The van der Waals surface area contributed by atoms with E-state index in [1.807, 2.05) is 0 Å². The number of benzene rings is 1. The standard InChI is InChI=1S/C21H30N/c1-15(2)12-17-9-8-16(3)19(13-17)20-11-10-18(14-22(20)7)21(4,5)6/h8-11,13-15H,12H2,1-7H3/q+1. The fourth-order valence-corrected chi connectivity index (χ4v) is 2.87. The highest BCUT2D eigenvalue weighted by Crippen LogP contribution is 2.26. The number of hydrogen-bond acceptors (Lipinski definition) is 0. The van der Waals surface area contributed by atoms with Gasteiger partial charge in [-0.25, -0.2) is 4.57 Å². The summed E-state index contributed by atoms with van der Waals surface area (Å²) in [5.41, 5.74) is 6.96. The van der Waals surface area contributed by atoms with Crippen LogP contribution in [0.1, 0.15) is 51.3 Å². The molecule has 22 heavy (non-hydrogen) atoms. The maximum absolute atomic E-state index is 2.36. The Morgan fingerprint density at radius 3 is 2.27 bits per heavy atom. The van der Waals surface area contributed by atoms with E-state index in [1.165, 1.54) is 27.9 Å². The van der Waals surface area contributed by atoms with Crippen LogP contribution in [0, 0.1) is 12.8 Å². The van der Waals surface area contributed by atoms with Crippen molar-refractivity contribution in [3.63, 3.8) is 0 Å². The lowest BCUT2D eigenvalue weighted by molar-refractivity contribution is -0.661. The molecule has 0 bridgehead atoms. The van der Waals surface area contributed by atoms with Crippen LogP contribution in [-0.4, -0.2) is 0 Å². The molecular formula is C21H30N+. The number of aryl methyl sites for hydroxylation is 2. The molecule has 1 aromatic heterocycles. The predicted molar refractivity (Wildman–Crippen MR) is 95.0 cm³/mol. The van der Waals surface area contributed by atoms with Gasteiger partial charge in [0.2, 0.25) is 5.69 Å². The summed E-state index contributed by atoms with van der Waals surface area (Å²) >= 11 is 0. The zero-order chi connectivity index (χ0) is 16.5. The fraction of sp³-hybridized carbons (Fsp3) is 0.476. The van der Waals surface area contributed by atoms with E-state index in [0.717, 1.165) is 6.42 Å². The van der Waals surface area contributed by atoms with Gasteiger partial charge in [0, 0.05) is 17.2 Å². The van der Waals surface area contributed by atoms with Crippen LogP contribution in [0.5, 0.6) is 0 Å². The Morgan fingerprint density at radius 2 is 1.73 bits per heavy atom. The van der Waals surface area contributed by atoms with Crippen LogP contribution in [-0.2, 0) is 18.9 Å². The number of nitrogens with zero attached hydrogens (tertiary/aromatic N) is 1. The van der Waals surface area contributed by atoms with Gasteiger partial charge in [-0.05, 0) is 47.9 Å². The first-order valence-electron chi connectivity index (χ1n) is 8.28. The fourth-order valence-electron chi connectivity index (χ4n) is 2.87. The SMILES string of the molecule is Cc1ccc(CC(C)C)cc1-c1ccc(C(C)(C)C)c[n+]1C. The summed E-state index contributed by atoms with van der Waals surface area (Å²) in [4.78, 5) is 0. The molecule has 1 heterocycles. The highest BCUT2D eigenvalue weighted by Gasteiger charge is 2.20. The third kappa shape index (κ3) is 3.76. The van der Waals surface area contributed by atoms with E-state index in [2.05, 4.69) is 89.7 Å². The molecule has 0 unspecified atom stereocenters. The number of hydrogen-bond donors (Lipinski definition) is 0. The molecule has 0 fully saturated rings. The lowest BCUT2D eigenvalue weighted by Gasteiger charge is -2.18. The third-order valence-corrected chi connectivity index (χ3v) is 4.22. The van der Waals surface area contributed by atoms with Gasteiger partial charge in [0.15, 0.2) is 6.20 Å². The van der Waals surface area contributed by atoms with Crippen molar-refractivity contribution >= 4 is 0 Å². The first kappa shape index (κ1) is 16.7. The molecule has 0 N–H and O–H groups in total. The van der Waals surface area contributed by atoms with E-state index in [1.54, 1.807) is 0 Å². The first-order chi connectivity index (χ1) is 10.2. The predicted octanol–water partition coefficient (Wildman–Crippen LogP) is 4.98. The Morgan fingerprint density at radius 1 is 1.05 bits per heavy atom. The molecule has 0 aliphatic carbocycles. The average molecular weight is 296 g/mol. The normalized spacial score (nSPS) is 12.0. The highest BCUT2D eigenvalue weighted by atomic mass is 14.9. The maximum atomic E-state index is 2.36. The minimum Gasteiger partial charge on any atom is -0.201 e. The van der Waals surface area contributed by atoms with Gasteiger partial charge >= 0.3 is 0 Å². The van der Waals surface area contributed by atoms with Crippen molar-refractivity contribution < 1.29 is 4.57 Å². The minimum absolute atomic E-state index is 0.185. The van der Waals surface area contributed by atoms with Crippen LogP contribution in [0.25, 0.3) is 11.3 Å². The van der Waals surface area contributed by atoms with Crippen LogP contribution in [0.3, 0.4) is 0 Å². The average Bonchev–Trinajstić information content (AvgIpc) is 2.39. The van der Waals surface area contributed by atoms with Crippen molar-refractivity contribution in [1.29, 1.82) is 0 Å². The smallest absolute Gasteiger partial charge is 0.201 e. The number of aromatic nitrogens is 1. The Labute approximate surface area is 136 Å². The summed E-state index contributed by atoms with van der Waals surface area (Å²) in [6.07, 6.45) is 3.40. The molecule has 0 amide bonds. The van der Waals surface area contributed by atoms with E-state index in [0.29, 0.717) is 5.92 Å². The highest BCUT2D eigenvalue weighted by molar-refractivity contribution is 5.62. The van der Waals surface area contributed by atoms with Crippen LogP contribution in [0.2, 0.25) is 0 Å². The number of rotatable bonds is 3. The van der Waals surface area contributed by atoms with Crippen LogP contribution < -0.4 is 4.57 Å². The molecule has 1 heteroatoms. The number of pyridine rings is 1. The second kappa shape index (κ2) is 6.24. The van der Waals surface area contributed by atoms with Crippen molar-refractivity contribution in [2.45, 2.75) is 53.4 Å². The van der Waals surface area contributed by atoms with Gasteiger partial charge in [-0.1, -0.05) is 46.8 Å². The third-order valence-electron chi connectivity index (χ3n) is 4.22. The van der Waals surface area contributed by atoms with Crippen molar-refractivity contribution in [3.05, 3.63) is 53.2 Å². The largest absolute Gasteiger partial charge is 0.212 e. The van der Waals surface area contributed by atoms with Gasteiger partial charge in [-0.3, -0.25) is 0 Å². The quantitative estimate of drug-likeness (QED) is 0.703. The lowest BCUT2D eigenvalue weighted by Crippen LogP contribution is -2.33. The first-order valence-corrected chi connectivity index (χ1v) is 8.28. The molecule has 118 valence electrons. The topological polar surface area (TPSA) is 3.88 Å². The van der Waals surface area contributed by atoms with Crippen molar-refractivity contribution in [1.82, 2.24) is 0 Å². The summed E-state index contributed by atoms with van der Waals surface area (Å²) in [5.74, 6) is 0.688. The second-order valence-electron chi connectivity index (χ2n) is 7.91. The van der Waals surface area contributed by atoms with Crippen molar-refractivity contribution in [3.8, 4) is 11.3 Å². The maximum Gasteiger partial charge on any atom is 0.212 e. The molecule has 2 aromatic rings. The monoisotopic (exact) mass is 296 g/mol. The van der Waals surface area contributed by atoms with Crippen molar-refractivity contribution in [2.24, 2.45) is 13.0 Å². The van der Waals surface area contributed by atoms with E-state index in [4.69, 9.17) is 0 Å². The van der Waals surface area contributed by atoms with Gasteiger partial charge in [0.05, 0.1) is 0 Å². The molecule has 1 nitrogen and oxygen atoms in total. The summed E-state index contributed by atoms with van der Waals surface area (Å²) in [6.45, 7) is 13.5. The van der Waals surface area contributed by atoms with Crippen LogP contribution in [0.15, 0.2) is 36.5 Å².